The molecule has 190 valence electrons. The fourth-order valence-electron chi connectivity index (χ4n) is 4.20. The quantitative estimate of drug-likeness (QED) is 0.341. The van der Waals surface area contributed by atoms with Gasteiger partial charge in [-0.25, -0.2) is 27.0 Å². The highest BCUT2D eigenvalue weighted by Crippen LogP contribution is 2.33. The van der Waals surface area contributed by atoms with Crippen LogP contribution >= 0.6 is 0 Å². The molecule has 0 amide bonds. The van der Waals surface area contributed by atoms with Crippen LogP contribution in [0.2, 0.25) is 0 Å². The van der Waals surface area contributed by atoms with Gasteiger partial charge in [-0.2, -0.15) is 4.98 Å². The molecule has 0 saturated heterocycles. The second-order valence-corrected chi connectivity index (χ2v) is 10.8. The van der Waals surface area contributed by atoms with Gasteiger partial charge in [-0.3, -0.25) is 18.7 Å². The summed E-state index contributed by atoms with van der Waals surface area (Å²) in [6, 6.07) is 10.1. The van der Waals surface area contributed by atoms with Crippen molar-refractivity contribution in [3.8, 4) is 5.69 Å². The molecular weight excluding hydrogens is 502 g/mol. The highest BCUT2D eigenvalue weighted by atomic mass is 32.2. The molecule has 37 heavy (non-hydrogen) atoms. The maximum atomic E-state index is 14.7. The molecule has 5 rings (SSSR count). The minimum absolute atomic E-state index is 0.00197. The van der Waals surface area contributed by atoms with E-state index in [0.29, 0.717) is 18.3 Å². The van der Waals surface area contributed by atoms with Gasteiger partial charge in [0.1, 0.15) is 24.7 Å². The van der Waals surface area contributed by atoms with Crippen LogP contribution in [-0.2, 0) is 17.1 Å². The van der Waals surface area contributed by atoms with Crippen LogP contribution in [0.3, 0.4) is 0 Å². The molecule has 0 unspecified atom stereocenters. The standard InChI is InChI=1S/C23H22BFN6O5S/c1-29-20-18(19(27-22(29)33)26-17-9-6-12(24)10-16(17)25)21(32)31(14-7-8-14)23(34)30(20)15-5-3-4-13(11-15)28-37(2,35)36/h3-6,9-11,14,28H,7-8,24H2,1-2H3,(H,26,27,33). The van der Waals surface area contributed by atoms with Crippen LogP contribution in [0.15, 0.2) is 56.8 Å². The lowest BCUT2D eigenvalue weighted by atomic mass is 9.96. The SMILES string of the molecule is Bc1ccc(Nc2nc(=O)n(C)c3c2c(=O)n(C2CC2)c(=O)n3-c2cccc(NS(C)(=O)=O)c2)c(F)c1. The molecule has 11 nitrogen and oxygen atoms in total. The molecule has 1 aliphatic carbocycles. The van der Waals surface area contributed by atoms with Gasteiger partial charge in [-0.1, -0.05) is 17.6 Å². The van der Waals surface area contributed by atoms with Crippen molar-refractivity contribution < 1.29 is 12.8 Å². The smallest absolute Gasteiger partial charge is 0.337 e. The zero-order valence-corrected chi connectivity index (χ0v) is 21.0. The number of sulfonamides is 1. The summed E-state index contributed by atoms with van der Waals surface area (Å²) in [6.45, 7) is 0. The lowest BCUT2D eigenvalue weighted by Crippen LogP contribution is -2.42. The highest BCUT2D eigenvalue weighted by molar-refractivity contribution is 7.92. The first-order valence-electron chi connectivity index (χ1n) is 11.3. The third-order valence-corrected chi connectivity index (χ3v) is 6.62. The Hall–Kier alpha value is -4.20. The average Bonchev–Trinajstić information content (AvgIpc) is 3.63. The van der Waals surface area contributed by atoms with E-state index in [-0.39, 0.29) is 40.0 Å². The number of aromatic nitrogens is 4. The van der Waals surface area contributed by atoms with E-state index in [2.05, 4.69) is 15.0 Å². The van der Waals surface area contributed by atoms with Crippen molar-refractivity contribution >= 4 is 51.6 Å². The van der Waals surface area contributed by atoms with Crippen molar-refractivity contribution in [2.75, 3.05) is 16.3 Å². The van der Waals surface area contributed by atoms with Crippen LogP contribution in [0.1, 0.15) is 18.9 Å². The van der Waals surface area contributed by atoms with Gasteiger partial charge in [0.05, 0.1) is 23.3 Å². The van der Waals surface area contributed by atoms with E-state index in [1.165, 1.54) is 41.9 Å². The average molecular weight is 524 g/mol. The second-order valence-electron chi connectivity index (χ2n) is 9.06. The van der Waals surface area contributed by atoms with Crippen molar-refractivity contribution in [3.05, 3.63) is 79.6 Å². The minimum Gasteiger partial charge on any atom is -0.337 e. The molecule has 1 fully saturated rings. The predicted octanol–water partition coefficient (Wildman–Crippen LogP) is 0.0936. The molecule has 1 saturated carbocycles. The molecule has 0 spiro atoms. The summed E-state index contributed by atoms with van der Waals surface area (Å²) in [6.07, 6.45) is 2.22. The number of rotatable bonds is 6. The van der Waals surface area contributed by atoms with Crippen molar-refractivity contribution in [2.24, 2.45) is 7.05 Å². The van der Waals surface area contributed by atoms with Gasteiger partial charge >= 0.3 is 11.4 Å². The summed E-state index contributed by atoms with van der Waals surface area (Å²) < 4.78 is 43.9. The maximum Gasteiger partial charge on any atom is 0.350 e. The summed E-state index contributed by atoms with van der Waals surface area (Å²) in [5, 5.41) is 2.67. The largest absolute Gasteiger partial charge is 0.350 e. The molecular formula is C23H22BFN6O5S. The summed E-state index contributed by atoms with van der Waals surface area (Å²) >= 11 is 0. The number of benzene rings is 2. The summed E-state index contributed by atoms with van der Waals surface area (Å²) in [5.74, 6) is -0.801. The molecule has 2 aromatic heterocycles. The number of hydrogen-bond acceptors (Lipinski definition) is 7. The molecule has 0 bridgehead atoms. The first-order valence-corrected chi connectivity index (χ1v) is 13.2. The molecule has 0 aliphatic heterocycles. The summed E-state index contributed by atoms with van der Waals surface area (Å²) in [4.78, 5) is 44.2. The first kappa shape index (κ1) is 24.5. The monoisotopic (exact) mass is 524 g/mol. The first-order chi connectivity index (χ1) is 17.4. The number of fused-ring (bicyclic) bond motifs is 1. The van der Waals surface area contributed by atoms with Gasteiger partial charge < -0.3 is 5.32 Å². The Balaban J connectivity index is 1.86. The molecule has 14 heteroatoms. The number of nitrogens with one attached hydrogen (secondary N) is 2. The van der Waals surface area contributed by atoms with Gasteiger partial charge in [0.15, 0.2) is 5.82 Å². The van der Waals surface area contributed by atoms with Crippen molar-refractivity contribution in [3.63, 3.8) is 0 Å². The Labute approximate surface area is 210 Å². The number of hydrogen-bond donors (Lipinski definition) is 2. The lowest BCUT2D eigenvalue weighted by molar-refractivity contribution is 0.607. The van der Waals surface area contributed by atoms with Crippen LogP contribution in [0.25, 0.3) is 16.7 Å². The van der Waals surface area contributed by atoms with Crippen LogP contribution in [0.5, 0.6) is 0 Å². The summed E-state index contributed by atoms with van der Waals surface area (Å²) in [7, 11) is -0.529. The maximum absolute atomic E-state index is 14.7. The van der Waals surface area contributed by atoms with Crippen molar-refractivity contribution in [1.82, 2.24) is 18.7 Å². The number of nitrogens with zero attached hydrogens (tertiary/aromatic N) is 4. The topological polar surface area (TPSA) is 137 Å². The lowest BCUT2D eigenvalue weighted by Gasteiger charge is -2.18. The predicted molar refractivity (Wildman–Crippen MR) is 141 cm³/mol. The van der Waals surface area contributed by atoms with E-state index >= 15 is 0 Å². The Morgan fingerprint density at radius 3 is 2.49 bits per heavy atom. The normalized spacial score (nSPS) is 13.6. The Bertz CT molecular complexity index is 1880. The molecule has 0 atom stereocenters. The zero-order valence-electron chi connectivity index (χ0n) is 20.1. The van der Waals surface area contributed by atoms with Gasteiger partial charge in [0.25, 0.3) is 5.56 Å². The van der Waals surface area contributed by atoms with E-state index in [9.17, 15) is 27.2 Å². The molecule has 2 heterocycles. The molecule has 1 aliphatic rings. The van der Waals surface area contributed by atoms with E-state index in [4.69, 9.17) is 0 Å². The minimum atomic E-state index is -3.61. The second kappa shape index (κ2) is 8.73. The number of halogens is 1. The zero-order chi connectivity index (χ0) is 26.6. The van der Waals surface area contributed by atoms with E-state index in [0.717, 1.165) is 15.4 Å². The molecule has 4 aromatic rings. The Morgan fingerprint density at radius 2 is 1.84 bits per heavy atom. The Morgan fingerprint density at radius 1 is 1.11 bits per heavy atom. The fraction of sp³-hybridized carbons (Fsp3) is 0.217. The van der Waals surface area contributed by atoms with Gasteiger partial charge in [0.2, 0.25) is 10.0 Å². The highest BCUT2D eigenvalue weighted by Gasteiger charge is 2.31. The molecule has 0 radical (unpaired) electrons. The third kappa shape index (κ3) is 4.55. The summed E-state index contributed by atoms with van der Waals surface area (Å²) in [5.41, 5.74) is -1.13. The molecule has 2 aromatic carbocycles. The van der Waals surface area contributed by atoms with Crippen LogP contribution in [0, 0.1) is 5.82 Å². The van der Waals surface area contributed by atoms with Crippen molar-refractivity contribution in [2.45, 2.75) is 18.9 Å². The number of aryl methyl sites for hydroxylation is 1. The van der Waals surface area contributed by atoms with Crippen molar-refractivity contribution in [1.29, 1.82) is 0 Å². The number of anilines is 3. The van der Waals surface area contributed by atoms with Gasteiger partial charge in [0, 0.05) is 13.1 Å². The van der Waals surface area contributed by atoms with Gasteiger partial charge in [-0.05, 0) is 43.2 Å². The van der Waals surface area contributed by atoms with E-state index in [1.54, 1.807) is 20.0 Å². The van der Waals surface area contributed by atoms with Gasteiger partial charge in [-0.15, -0.1) is 0 Å². The van der Waals surface area contributed by atoms with Crippen LogP contribution in [-0.4, -0.2) is 41.2 Å². The van der Waals surface area contributed by atoms with Crippen LogP contribution < -0.4 is 32.4 Å². The molecule has 2 N–H and O–H groups in total. The van der Waals surface area contributed by atoms with Crippen LogP contribution in [0.4, 0.5) is 21.6 Å². The third-order valence-electron chi connectivity index (χ3n) is 6.01. The fourth-order valence-corrected chi connectivity index (χ4v) is 4.76. The van der Waals surface area contributed by atoms with E-state index in [1.807, 2.05) is 0 Å². The Kier molecular flexibility index (Phi) is 5.78. The van der Waals surface area contributed by atoms with E-state index < -0.39 is 32.8 Å².